The molecule has 6 nitrogen and oxygen atoms in total. The summed E-state index contributed by atoms with van der Waals surface area (Å²) >= 11 is 0. The molecule has 0 amide bonds. The lowest BCUT2D eigenvalue weighted by atomic mass is 10.3. The van der Waals surface area contributed by atoms with Gasteiger partial charge in [0, 0.05) is 18.7 Å². The highest BCUT2D eigenvalue weighted by atomic mass is 15.5. The van der Waals surface area contributed by atoms with Crippen LogP contribution in [0.5, 0.6) is 0 Å². The van der Waals surface area contributed by atoms with Crippen molar-refractivity contribution in [3.63, 3.8) is 0 Å². The second kappa shape index (κ2) is 6.29. The predicted molar refractivity (Wildman–Crippen MR) is 75.1 cm³/mol. The van der Waals surface area contributed by atoms with E-state index in [4.69, 9.17) is 5.73 Å². The number of nitrogens with zero attached hydrogens (tertiary/aromatic N) is 5. The van der Waals surface area contributed by atoms with Crippen LogP contribution in [0.25, 0.3) is 5.69 Å². The molecule has 2 N–H and O–H groups in total. The van der Waals surface area contributed by atoms with Crippen molar-refractivity contribution in [2.75, 3.05) is 25.4 Å². The second-order valence-corrected chi connectivity index (χ2v) is 4.38. The van der Waals surface area contributed by atoms with E-state index >= 15 is 0 Å². The van der Waals surface area contributed by atoms with Gasteiger partial charge in [-0.1, -0.05) is 13.8 Å². The number of nitrogen functional groups attached to an aromatic ring is 1. The van der Waals surface area contributed by atoms with Crippen LogP contribution in [0.1, 0.15) is 19.7 Å². The number of hydrogen-bond donors (Lipinski definition) is 1. The van der Waals surface area contributed by atoms with Crippen LogP contribution in [0.15, 0.2) is 24.3 Å². The minimum absolute atomic E-state index is 0.738. The van der Waals surface area contributed by atoms with E-state index in [1.165, 1.54) is 0 Å². The van der Waals surface area contributed by atoms with E-state index in [-0.39, 0.29) is 0 Å². The van der Waals surface area contributed by atoms with Gasteiger partial charge in [0.25, 0.3) is 0 Å². The zero-order valence-electron chi connectivity index (χ0n) is 11.5. The van der Waals surface area contributed by atoms with E-state index in [1.54, 1.807) is 4.68 Å². The molecule has 102 valence electrons. The molecule has 19 heavy (non-hydrogen) atoms. The lowest BCUT2D eigenvalue weighted by Crippen LogP contribution is -2.26. The molecule has 0 bridgehead atoms. The SMILES string of the molecule is CCN(CC)CCc1nnnn1-c1ccc(N)cc1. The standard InChI is InChI=1S/C13H20N6/c1-3-18(4-2)10-9-13-15-16-17-19(13)12-7-5-11(14)6-8-12/h5-8H,3-4,9-10,14H2,1-2H3. The molecule has 0 radical (unpaired) electrons. The van der Waals surface area contributed by atoms with Crippen molar-refractivity contribution in [1.82, 2.24) is 25.1 Å². The Bertz CT molecular complexity index is 500. The lowest BCUT2D eigenvalue weighted by Gasteiger charge is -2.17. The molecule has 0 spiro atoms. The smallest absolute Gasteiger partial charge is 0.157 e. The van der Waals surface area contributed by atoms with Gasteiger partial charge in [-0.25, -0.2) is 0 Å². The Morgan fingerprint density at radius 3 is 2.47 bits per heavy atom. The quantitative estimate of drug-likeness (QED) is 0.788. The van der Waals surface area contributed by atoms with Crippen molar-refractivity contribution >= 4 is 5.69 Å². The molecule has 0 aliphatic heterocycles. The van der Waals surface area contributed by atoms with Crippen molar-refractivity contribution in [1.29, 1.82) is 0 Å². The third-order valence-electron chi connectivity index (χ3n) is 3.22. The molecular weight excluding hydrogens is 240 g/mol. The zero-order valence-corrected chi connectivity index (χ0v) is 11.5. The highest BCUT2D eigenvalue weighted by Gasteiger charge is 2.09. The second-order valence-electron chi connectivity index (χ2n) is 4.38. The van der Waals surface area contributed by atoms with E-state index in [2.05, 4.69) is 34.3 Å². The molecule has 1 aromatic carbocycles. The van der Waals surface area contributed by atoms with Crippen LogP contribution in [0, 0.1) is 0 Å². The number of tetrazole rings is 1. The Balaban J connectivity index is 2.11. The highest BCUT2D eigenvalue weighted by Crippen LogP contribution is 2.11. The van der Waals surface area contributed by atoms with Crippen molar-refractivity contribution in [2.24, 2.45) is 0 Å². The van der Waals surface area contributed by atoms with Gasteiger partial charge in [0.1, 0.15) is 0 Å². The molecule has 0 saturated carbocycles. The highest BCUT2D eigenvalue weighted by molar-refractivity contribution is 5.44. The average molecular weight is 260 g/mol. The van der Waals surface area contributed by atoms with E-state index in [0.29, 0.717) is 0 Å². The van der Waals surface area contributed by atoms with Gasteiger partial charge in [-0.15, -0.1) is 5.10 Å². The van der Waals surface area contributed by atoms with Gasteiger partial charge in [0.15, 0.2) is 5.82 Å². The summed E-state index contributed by atoms with van der Waals surface area (Å²) in [5, 5.41) is 11.9. The summed E-state index contributed by atoms with van der Waals surface area (Å²) in [7, 11) is 0. The number of likely N-dealkylation sites (N-methyl/N-ethyl adjacent to an activating group) is 1. The van der Waals surface area contributed by atoms with E-state index < -0.39 is 0 Å². The Morgan fingerprint density at radius 1 is 1.16 bits per heavy atom. The van der Waals surface area contributed by atoms with Gasteiger partial charge >= 0.3 is 0 Å². The van der Waals surface area contributed by atoms with Gasteiger partial charge in [0.2, 0.25) is 0 Å². The summed E-state index contributed by atoms with van der Waals surface area (Å²) in [6.45, 7) is 7.36. The Labute approximate surface area is 113 Å². The number of benzene rings is 1. The fraction of sp³-hybridized carbons (Fsp3) is 0.462. The van der Waals surface area contributed by atoms with Crippen molar-refractivity contribution in [3.8, 4) is 5.69 Å². The predicted octanol–water partition coefficient (Wildman–Crippen LogP) is 1.13. The summed E-state index contributed by atoms with van der Waals surface area (Å²) in [5.41, 5.74) is 7.36. The van der Waals surface area contributed by atoms with Crippen LogP contribution in [-0.4, -0.2) is 44.7 Å². The van der Waals surface area contributed by atoms with Gasteiger partial charge in [-0.2, -0.15) is 4.68 Å². The molecular formula is C13H20N6. The molecule has 6 heteroatoms. The summed E-state index contributed by atoms with van der Waals surface area (Å²) < 4.78 is 1.77. The Hall–Kier alpha value is -1.95. The lowest BCUT2D eigenvalue weighted by molar-refractivity contribution is 0.305. The summed E-state index contributed by atoms with van der Waals surface area (Å²) in [6.07, 6.45) is 0.832. The van der Waals surface area contributed by atoms with Gasteiger partial charge in [0.05, 0.1) is 5.69 Å². The minimum Gasteiger partial charge on any atom is -0.399 e. The Kier molecular flexibility index (Phi) is 4.46. The third-order valence-corrected chi connectivity index (χ3v) is 3.22. The largest absolute Gasteiger partial charge is 0.399 e. The molecule has 2 aromatic rings. The van der Waals surface area contributed by atoms with E-state index in [0.717, 1.165) is 43.3 Å². The van der Waals surface area contributed by atoms with Crippen molar-refractivity contribution in [3.05, 3.63) is 30.1 Å². The number of rotatable bonds is 6. The topological polar surface area (TPSA) is 72.9 Å². The number of aromatic nitrogens is 4. The average Bonchev–Trinajstić information content (AvgIpc) is 2.89. The van der Waals surface area contributed by atoms with Crippen LogP contribution in [0.2, 0.25) is 0 Å². The van der Waals surface area contributed by atoms with Crippen LogP contribution < -0.4 is 5.73 Å². The molecule has 1 aromatic heterocycles. The first kappa shape index (κ1) is 13.5. The van der Waals surface area contributed by atoms with Gasteiger partial charge in [-0.05, 0) is 47.8 Å². The van der Waals surface area contributed by atoms with Crippen LogP contribution in [-0.2, 0) is 6.42 Å². The number of hydrogen-bond acceptors (Lipinski definition) is 5. The minimum atomic E-state index is 0.738. The fourth-order valence-electron chi connectivity index (χ4n) is 1.98. The van der Waals surface area contributed by atoms with Gasteiger partial charge < -0.3 is 10.6 Å². The monoisotopic (exact) mass is 260 g/mol. The first-order chi connectivity index (χ1) is 9.24. The van der Waals surface area contributed by atoms with E-state index in [9.17, 15) is 0 Å². The first-order valence-corrected chi connectivity index (χ1v) is 6.60. The van der Waals surface area contributed by atoms with Gasteiger partial charge in [-0.3, -0.25) is 0 Å². The maximum atomic E-state index is 5.68. The number of nitrogens with two attached hydrogens (primary N) is 1. The maximum absolute atomic E-state index is 5.68. The molecule has 1 heterocycles. The summed E-state index contributed by atoms with van der Waals surface area (Å²) in [4.78, 5) is 2.35. The molecule has 0 saturated heterocycles. The molecule has 0 aliphatic rings. The first-order valence-electron chi connectivity index (χ1n) is 6.60. The van der Waals surface area contributed by atoms with E-state index in [1.807, 2.05) is 24.3 Å². The molecule has 0 fully saturated rings. The van der Waals surface area contributed by atoms with Crippen LogP contribution >= 0.6 is 0 Å². The maximum Gasteiger partial charge on any atom is 0.157 e. The van der Waals surface area contributed by atoms with Crippen molar-refractivity contribution < 1.29 is 0 Å². The van der Waals surface area contributed by atoms with Crippen LogP contribution in [0.4, 0.5) is 5.69 Å². The molecule has 0 unspecified atom stereocenters. The van der Waals surface area contributed by atoms with Crippen molar-refractivity contribution in [2.45, 2.75) is 20.3 Å². The summed E-state index contributed by atoms with van der Waals surface area (Å²) in [6, 6.07) is 7.55. The Morgan fingerprint density at radius 2 is 1.84 bits per heavy atom. The molecule has 0 aliphatic carbocycles. The third kappa shape index (κ3) is 3.29. The molecule has 2 rings (SSSR count). The number of anilines is 1. The molecule has 0 atom stereocenters. The van der Waals surface area contributed by atoms with Crippen LogP contribution in [0.3, 0.4) is 0 Å². The zero-order chi connectivity index (χ0) is 13.7. The normalized spacial score (nSPS) is 11.1. The summed E-state index contributed by atoms with van der Waals surface area (Å²) in [5.74, 6) is 0.872. The fourth-order valence-corrected chi connectivity index (χ4v) is 1.98.